The van der Waals surface area contributed by atoms with E-state index in [0.717, 1.165) is 19.3 Å². The van der Waals surface area contributed by atoms with Crippen LogP contribution in [-0.4, -0.2) is 139 Å². The smallest absolute Gasteiger partial charge is 0.182 e. The van der Waals surface area contributed by atoms with Crippen LogP contribution < -0.4 is 0 Å². The Hall–Kier alpha value is -9.29. The minimum atomic E-state index is -1.25. The number of hydrogen-bond donors (Lipinski definition) is 8. The SMILES string of the molecule is CC(=O)C1=C(O)C(C)(C)C(=O)C(C)(C)C1=O.CC(=O)C1=C(O)C(C)(C)CC(C)(C)C1=O.CC(=O)C1=C(O)C(C)(C)CCC1=O.CC(=O)C1=C(O)C(C)CCC1=O.CC(=O)C1=C(O)C2CCC(C2)C1=O.CC(=O)C1=C(O)CC(C)(C)CC1=O.CC(=O)C1=C(O)CC(C)CC1=O.CC(=O)C1=C(O)CCCC1=O. The van der Waals surface area contributed by atoms with Gasteiger partial charge in [0, 0.05) is 85.4 Å². The molecule has 4 unspecified atom stereocenters. The fourth-order valence-corrected chi connectivity index (χ4v) is 14.1. The molecule has 9 aliphatic rings. The van der Waals surface area contributed by atoms with E-state index in [1.54, 1.807) is 0 Å². The number of aliphatic hydroxyl groups excluding tert-OH is 8. The number of hydrogen-bond acceptors (Lipinski definition) is 25. The zero-order valence-corrected chi connectivity index (χ0v) is 64.9. The van der Waals surface area contributed by atoms with E-state index in [0.29, 0.717) is 77.0 Å². The Bertz CT molecular complexity index is 3970. The molecule has 0 aromatic rings. The van der Waals surface area contributed by atoms with Crippen molar-refractivity contribution in [2.45, 2.75) is 249 Å². The van der Waals surface area contributed by atoms with Crippen molar-refractivity contribution in [3.05, 3.63) is 90.7 Å². The van der Waals surface area contributed by atoms with Gasteiger partial charge in [0.1, 0.15) is 46.1 Å². The summed E-state index contributed by atoms with van der Waals surface area (Å²) < 4.78 is 0. The minimum Gasteiger partial charge on any atom is -0.511 e. The van der Waals surface area contributed by atoms with Gasteiger partial charge >= 0.3 is 0 Å². The third-order valence-corrected chi connectivity index (χ3v) is 19.7. The van der Waals surface area contributed by atoms with Crippen molar-refractivity contribution in [3.63, 3.8) is 0 Å². The van der Waals surface area contributed by atoms with E-state index in [1.165, 1.54) is 83.1 Å². The molecule has 578 valence electrons. The van der Waals surface area contributed by atoms with E-state index in [9.17, 15) is 117 Å². The fourth-order valence-electron chi connectivity index (χ4n) is 14.1. The zero-order chi connectivity index (χ0) is 82.0. The third kappa shape index (κ3) is 22.4. The Morgan fingerprint density at radius 1 is 0.352 bits per heavy atom. The molecule has 1 fully saturated rings. The van der Waals surface area contributed by atoms with E-state index >= 15 is 0 Å². The van der Waals surface area contributed by atoms with Gasteiger partial charge in [-0.15, -0.1) is 0 Å². The highest BCUT2D eigenvalue weighted by Crippen LogP contribution is 2.47. The van der Waals surface area contributed by atoms with E-state index in [-0.39, 0.29) is 201 Å². The highest BCUT2D eigenvalue weighted by molar-refractivity contribution is 6.30. The standard InChI is InChI=1S/C12H16O4.C12H18O3.C10H12O3.2C10H14O3.2C9H12O3.C8H10O3/c1-6(13)7-8(14)11(2,3)10(16)12(4,5)9(7)15;1-7(13)8-9(14)11(2,3)6-12(4,5)10(8)15;1-5(11)8-9(12)6-2-3-7(4-6)10(8)13;1-6(11)9-7(12)4-10(2,3)5-8(9)13;1-6(11)8-7(12)4-5-10(2,3)9(8)13;1-5-3-7(11)9(6(2)10)8(12)4-5;1-5-3-4-7(11)8(6(2)10)9(5)12;1-5(9)8-6(10)3-2-4-7(8)11/h14H,1-5H3;14H,6H2,1-5H3;6-7,12H,2-4H2,1H3;12H,4-5H2,1-3H3;13H,4-5H2,1-3H3;5,11H,3-4H2,1-2H3;5,12H,3-4H2,1-2H3;10H,2-4H2,1H3. The summed E-state index contributed by atoms with van der Waals surface area (Å²) in [5.41, 5.74) is -4.34. The molecule has 1 saturated carbocycles. The first kappa shape index (κ1) is 91.8. The van der Waals surface area contributed by atoms with Gasteiger partial charge < -0.3 is 40.9 Å². The van der Waals surface area contributed by atoms with Crippen LogP contribution in [0.3, 0.4) is 0 Å². The maximum absolute atomic E-state index is 12.0. The molecule has 25 nitrogen and oxygen atoms in total. The molecule has 105 heavy (non-hydrogen) atoms. The highest BCUT2D eigenvalue weighted by atomic mass is 16.3. The summed E-state index contributed by atoms with van der Waals surface area (Å²) in [4.78, 5) is 192. The second-order valence-electron chi connectivity index (χ2n) is 32.2. The number of fused-ring (bicyclic) bond motifs is 2. The van der Waals surface area contributed by atoms with Crippen molar-refractivity contribution in [1.29, 1.82) is 0 Å². The molecule has 0 aromatic heterocycles. The summed E-state index contributed by atoms with van der Waals surface area (Å²) in [6.45, 7) is 34.9. The lowest BCUT2D eigenvalue weighted by Gasteiger charge is -2.39. The zero-order valence-electron chi connectivity index (χ0n) is 64.9. The van der Waals surface area contributed by atoms with Gasteiger partial charge in [0.25, 0.3) is 0 Å². The largest absolute Gasteiger partial charge is 0.511 e. The molecule has 25 heteroatoms. The molecule has 0 heterocycles. The monoisotopic (exact) mass is 1470 g/mol. The Labute approximate surface area is 613 Å². The number of carbonyl (C=O) groups is 17. The quantitative estimate of drug-likeness (QED) is 0.0826. The van der Waals surface area contributed by atoms with Crippen molar-refractivity contribution in [2.75, 3.05) is 0 Å². The fraction of sp³-hybridized carbons (Fsp3) is 0.588. The minimum absolute atomic E-state index is 0.000185. The molecular formula is C80H108O25. The Kier molecular flexibility index (Phi) is 31.2. The second-order valence-corrected chi connectivity index (χ2v) is 32.2. The molecule has 0 amide bonds. The Morgan fingerprint density at radius 2 is 0.771 bits per heavy atom. The molecule has 0 radical (unpaired) electrons. The van der Waals surface area contributed by atoms with Crippen LogP contribution in [0, 0.1) is 56.2 Å². The van der Waals surface area contributed by atoms with E-state index in [2.05, 4.69) is 0 Å². The van der Waals surface area contributed by atoms with Crippen molar-refractivity contribution in [2.24, 2.45) is 56.2 Å². The predicted molar refractivity (Wildman–Crippen MR) is 385 cm³/mol. The molecule has 0 aliphatic heterocycles. The molecule has 0 spiro atoms. The molecule has 0 aromatic carbocycles. The van der Waals surface area contributed by atoms with Gasteiger partial charge in [-0.3, -0.25) is 81.5 Å². The van der Waals surface area contributed by atoms with E-state index in [4.69, 9.17) is 5.11 Å². The number of rotatable bonds is 8. The average Bonchev–Trinajstić information content (AvgIpc) is 1.34. The summed E-state index contributed by atoms with van der Waals surface area (Å²) in [6.07, 6.45) is 8.01. The summed E-state index contributed by atoms with van der Waals surface area (Å²) in [5, 5.41) is 76.4. The first-order valence-corrected chi connectivity index (χ1v) is 35.0. The maximum Gasteiger partial charge on any atom is 0.182 e. The number of aliphatic hydroxyl groups is 8. The number of ketones is 17. The first-order valence-electron chi connectivity index (χ1n) is 35.0. The summed E-state index contributed by atoms with van der Waals surface area (Å²) >= 11 is 0. The molecular weight excluding hydrogens is 1360 g/mol. The van der Waals surface area contributed by atoms with Crippen molar-refractivity contribution in [1.82, 2.24) is 0 Å². The van der Waals surface area contributed by atoms with Gasteiger partial charge in [0.15, 0.2) is 98.3 Å². The first-order chi connectivity index (χ1) is 47.6. The average molecular weight is 1470 g/mol. The molecule has 0 saturated heterocycles. The van der Waals surface area contributed by atoms with Crippen LogP contribution in [0.5, 0.6) is 0 Å². The third-order valence-electron chi connectivity index (χ3n) is 19.7. The summed E-state index contributed by atoms with van der Waals surface area (Å²) in [6, 6.07) is 0. The molecule has 4 atom stereocenters. The Balaban J connectivity index is 0.000000409. The van der Waals surface area contributed by atoms with Gasteiger partial charge in [-0.1, -0.05) is 69.2 Å². The highest BCUT2D eigenvalue weighted by Gasteiger charge is 2.54. The molecule has 9 rings (SSSR count). The van der Waals surface area contributed by atoms with Crippen molar-refractivity contribution in [3.8, 4) is 0 Å². The topological polar surface area (TPSA) is 452 Å². The second kappa shape index (κ2) is 35.7. The van der Waals surface area contributed by atoms with Crippen LogP contribution in [0.4, 0.5) is 0 Å². The van der Waals surface area contributed by atoms with Gasteiger partial charge in [-0.05, 0) is 139 Å². The van der Waals surface area contributed by atoms with Crippen LogP contribution in [0.2, 0.25) is 0 Å². The van der Waals surface area contributed by atoms with E-state index in [1.807, 2.05) is 69.2 Å². The lowest BCUT2D eigenvalue weighted by Crippen LogP contribution is -2.49. The lowest BCUT2D eigenvalue weighted by molar-refractivity contribution is -0.145. The molecule has 9 aliphatic carbocycles. The lowest BCUT2D eigenvalue weighted by atomic mass is 9.63. The molecule has 2 bridgehead atoms. The van der Waals surface area contributed by atoms with Gasteiger partial charge in [0.05, 0.1) is 55.4 Å². The molecule has 8 N–H and O–H groups in total. The van der Waals surface area contributed by atoms with Crippen LogP contribution in [0.25, 0.3) is 0 Å². The van der Waals surface area contributed by atoms with Crippen LogP contribution in [0.15, 0.2) is 90.7 Å². The van der Waals surface area contributed by atoms with Crippen LogP contribution in [0.1, 0.15) is 249 Å². The van der Waals surface area contributed by atoms with Gasteiger partial charge in [-0.2, -0.15) is 0 Å². The van der Waals surface area contributed by atoms with Crippen LogP contribution >= 0.6 is 0 Å². The van der Waals surface area contributed by atoms with Gasteiger partial charge in [-0.25, -0.2) is 0 Å². The predicted octanol–water partition coefficient (Wildman–Crippen LogP) is 12.9. The van der Waals surface area contributed by atoms with Gasteiger partial charge in [0.2, 0.25) is 0 Å². The number of Topliss-reactive ketones (excluding diaryl/α,β-unsaturated/α-hetero) is 17. The maximum atomic E-state index is 12.0. The van der Waals surface area contributed by atoms with Crippen molar-refractivity contribution < 1.29 is 122 Å². The summed E-state index contributed by atoms with van der Waals surface area (Å²) in [5.74, 6) is -5.72. The van der Waals surface area contributed by atoms with E-state index < -0.39 is 44.4 Å². The summed E-state index contributed by atoms with van der Waals surface area (Å²) in [7, 11) is 0. The van der Waals surface area contributed by atoms with Crippen LogP contribution in [-0.2, 0) is 81.5 Å². The Morgan fingerprint density at radius 3 is 1.19 bits per heavy atom. The van der Waals surface area contributed by atoms with Crippen molar-refractivity contribution >= 4 is 98.3 Å². The normalized spacial score (nSPS) is 24.1. The number of carbonyl (C=O) groups excluding carboxylic acids is 17. The number of allylic oxidation sites excluding steroid dienone is 16.